The highest BCUT2D eigenvalue weighted by atomic mass is 16.5. The molecule has 0 spiro atoms. The van der Waals surface area contributed by atoms with Crippen LogP contribution in [0.2, 0.25) is 0 Å². The minimum Gasteiger partial charge on any atom is -0.481 e. The Labute approximate surface area is 128 Å². The summed E-state index contributed by atoms with van der Waals surface area (Å²) in [5, 5.41) is 8.78. The second-order valence-corrected chi connectivity index (χ2v) is 4.48. The van der Waals surface area contributed by atoms with Crippen LogP contribution in [0.3, 0.4) is 0 Å². The molecular formula is C16H16N2O4. The first-order valence-electron chi connectivity index (χ1n) is 6.62. The highest BCUT2D eigenvalue weighted by molar-refractivity contribution is 5.82. The molecule has 1 N–H and O–H groups in total. The monoisotopic (exact) mass is 300 g/mol. The zero-order chi connectivity index (χ0) is 15.9. The number of benzene rings is 1. The van der Waals surface area contributed by atoms with Gasteiger partial charge in [0.2, 0.25) is 5.88 Å². The number of carbonyl (C=O) groups is 1. The predicted octanol–water partition coefficient (Wildman–Crippen LogP) is 2.69. The summed E-state index contributed by atoms with van der Waals surface area (Å²) in [6.45, 7) is 1.48. The molecule has 0 amide bonds. The molecule has 2 aromatic rings. The van der Waals surface area contributed by atoms with Gasteiger partial charge in [-0.25, -0.2) is 9.78 Å². The number of pyridine rings is 1. The summed E-state index contributed by atoms with van der Waals surface area (Å²) in [5.74, 6) is 0.0313. The molecule has 0 bridgehead atoms. The van der Waals surface area contributed by atoms with E-state index in [0.29, 0.717) is 17.3 Å². The Morgan fingerprint density at radius 1 is 1.27 bits per heavy atom. The molecule has 114 valence electrons. The summed E-state index contributed by atoms with van der Waals surface area (Å²) in [7, 11) is 1.56. The molecule has 0 aliphatic carbocycles. The fraction of sp³-hybridized carbons (Fsp3) is 0.188. The average molecular weight is 300 g/mol. The van der Waals surface area contributed by atoms with Crippen molar-refractivity contribution in [3.05, 3.63) is 48.2 Å². The van der Waals surface area contributed by atoms with Gasteiger partial charge in [-0.1, -0.05) is 0 Å². The quantitative estimate of drug-likeness (QED) is 0.829. The lowest BCUT2D eigenvalue weighted by Gasteiger charge is -2.09. The molecule has 0 saturated heterocycles. The van der Waals surface area contributed by atoms with Gasteiger partial charge in [0.15, 0.2) is 6.10 Å². The minimum absolute atomic E-state index is 0.498. The van der Waals surface area contributed by atoms with Gasteiger partial charge in [-0.3, -0.25) is 4.99 Å². The summed E-state index contributed by atoms with van der Waals surface area (Å²) >= 11 is 0. The number of methoxy groups -OCH3 is 1. The van der Waals surface area contributed by atoms with Crippen LogP contribution in [0.15, 0.2) is 47.6 Å². The highest BCUT2D eigenvalue weighted by Gasteiger charge is 2.11. The lowest BCUT2D eigenvalue weighted by Crippen LogP contribution is -2.22. The number of carboxylic acids is 1. The van der Waals surface area contributed by atoms with Gasteiger partial charge in [-0.2, -0.15) is 0 Å². The lowest BCUT2D eigenvalue weighted by molar-refractivity contribution is -0.144. The smallest absolute Gasteiger partial charge is 0.344 e. The van der Waals surface area contributed by atoms with Crippen LogP contribution < -0.4 is 9.47 Å². The van der Waals surface area contributed by atoms with Crippen LogP contribution in [-0.4, -0.2) is 35.5 Å². The number of aliphatic imine (C=N–C) groups is 1. The van der Waals surface area contributed by atoms with E-state index in [1.54, 1.807) is 55.9 Å². The van der Waals surface area contributed by atoms with E-state index >= 15 is 0 Å². The summed E-state index contributed by atoms with van der Waals surface area (Å²) < 4.78 is 10.2. The molecule has 1 aromatic heterocycles. The third kappa shape index (κ3) is 4.31. The minimum atomic E-state index is -1.00. The molecule has 22 heavy (non-hydrogen) atoms. The molecule has 0 aliphatic heterocycles. The van der Waals surface area contributed by atoms with Crippen LogP contribution in [0.25, 0.3) is 0 Å². The van der Waals surface area contributed by atoms with Crippen molar-refractivity contribution in [2.24, 2.45) is 4.99 Å². The molecule has 0 fully saturated rings. The number of ether oxygens (including phenoxy) is 2. The fourth-order valence-electron chi connectivity index (χ4n) is 1.61. The number of hydrogen-bond donors (Lipinski definition) is 1. The first-order chi connectivity index (χ1) is 10.6. The van der Waals surface area contributed by atoms with E-state index in [2.05, 4.69) is 9.98 Å². The molecule has 6 heteroatoms. The van der Waals surface area contributed by atoms with Crippen molar-refractivity contribution in [1.29, 1.82) is 0 Å². The maximum absolute atomic E-state index is 10.7. The van der Waals surface area contributed by atoms with E-state index in [1.165, 1.54) is 6.92 Å². The zero-order valence-electron chi connectivity index (χ0n) is 12.3. The molecule has 6 nitrogen and oxygen atoms in total. The second-order valence-electron chi connectivity index (χ2n) is 4.48. The average Bonchev–Trinajstić information content (AvgIpc) is 2.54. The maximum Gasteiger partial charge on any atom is 0.344 e. The fourth-order valence-corrected chi connectivity index (χ4v) is 1.61. The molecule has 2 rings (SSSR count). The predicted molar refractivity (Wildman–Crippen MR) is 82.2 cm³/mol. The van der Waals surface area contributed by atoms with Gasteiger partial charge in [0.25, 0.3) is 0 Å². The van der Waals surface area contributed by atoms with Crippen molar-refractivity contribution < 1.29 is 19.4 Å². The van der Waals surface area contributed by atoms with Gasteiger partial charge in [0.05, 0.1) is 19.0 Å². The second kappa shape index (κ2) is 7.21. The summed E-state index contributed by atoms with van der Waals surface area (Å²) in [5.41, 5.74) is 1.58. The topological polar surface area (TPSA) is 81.0 Å². The first-order valence-corrected chi connectivity index (χ1v) is 6.62. The Hall–Kier alpha value is -2.89. The Kier molecular flexibility index (Phi) is 5.08. The van der Waals surface area contributed by atoms with Gasteiger partial charge in [0, 0.05) is 12.3 Å². The molecule has 0 aliphatic rings. The molecule has 1 aromatic carbocycles. The molecule has 0 radical (unpaired) electrons. The lowest BCUT2D eigenvalue weighted by atomic mass is 10.2. The van der Waals surface area contributed by atoms with E-state index in [-0.39, 0.29) is 0 Å². The summed E-state index contributed by atoms with van der Waals surface area (Å²) in [6.07, 6.45) is 2.42. The van der Waals surface area contributed by atoms with Crippen molar-refractivity contribution >= 4 is 17.9 Å². The Balaban J connectivity index is 2.00. The normalized spacial score (nSPS) is 12.1. The van der Waals surface area contributed by atoms with E-state index in [4.69, 9.17) is 14.6 Å². The van der Waals surface area contributed by atoms with E-state index in [9.17, 15) is 4.79 Å². The van der Waals surface area contributed by atoms with Crippen molar-refractivity contribution in [3.8, 4) is 11.6 Å². The Bertz CT molecular complexity index is 651. The molecule has 1 atom stereocenters. The van der Waals surface area contributed by atoms with Crippen molar-refractivity contribution in [2.45, 2.75) is 13.0 Å². The van der Waals surface area contributed by atoms with Crippen LogP contribution in [-0.2, 0) is 4.79 Å². The van der Waals surface area contributed by atoms with E-state index in [1.807, 2.05) is 0 Å². The van der Waals surface area contributed by atoms with Crippen molar-refractivity contribution in [1.82, 2.24) is 4.98 Å². The van der Waals surface area contributed by atoms with Gasteiger partial charge in [-0.15, -0.1) is 0 Å². The van der Waals surface area contributed by atoms with Crippen LogP contribution in [0.4, 0.5) is 5.69 Å². The third-order valence-corrected chi connectivity index (χ3v) is 2.83. The molecule has 1 heterocycles. The number of hydrogen-bond acceptors (Lipinski definition) is 5. The molecular weight excluding hydrogens is 284 g/mol. The van der Waals surface area contributed by atoms with Gasteiger partial charge < -0.3 is 14.6 Å². The molecule has 0 unspecified atom stereocenters. The van der Waals surface area contributed by atoms with Crippen LogP contribution in [0, 0.1) is 0 Å². The maximum atomic E-state index is 10.7. The van der Waals surface area contributed by atoms with Gasteiger partial charge >= 0.3 is 5.97 Å². The number of aliphatic carboxylic acids is 1. The van der Waals surface area contributed by atoms with Crippen molar-refractivity contribution in [2.75, 3.05) is 7.11 Å². The number of aromatic nitrogens is 1. The van der Waals surface area contributed by atoms with E-state index < -0.39 is 12.1 Å². The van der Waals surface area contributed by atoms with Crippen molar-refractivity contribution in [3.63, 3.8) is 0 Å². The summed E-state index contributed by atoms with van der Waals surface area (Å²) in [4.78, 5) is 19.1. The Morgan fingerprint density at radius 2 is 2.00 bits per heavy atom. The largest absolute Gasteiger partial charge is 0.481 e. The van der Waals surface area contributed by atoms with Gasteiger partial charge in [0.1, 0.15) is 5.75 Å². The SMILES string of the molecule is COc1ccc(N=Cc2ccc(O[C@@H](C)C(=O)O)cc2)cn1. The highest BCUT2D eigenvalue weighted by Crippen LogP contribution is 2.16. The number of carboxylic acid groups (broad SMARTS) is 1. The summed E-state index contributed by atoms with van der Waals surface area (Å²) in [6, 6.07) is 10.5. The van der Waals surface area contributed by atoms with Gasteiger partial charge in [-0.05, 0) is 42.8 Å². The first kappa shape index (κ1) is 15.5. The molecule has 0 saturated carbocycles. The van der Waals surface area contributed by atoms with Crippen LogP contribution >= 0.6 is 0 Å². The van der Waals surface area contributed by atoms with Crippen LogP contribution in [0.5, 0.6) is 11.6 Å². The standard InChI is InChI=1S/C16H16N2O4/c1-11(16(19)20)22-14-6-3-12(4-7-14)9-17-13-5-8-15(21-2)18-10-13/h3-11H,1-2H3,(H,19,20)/t11-/m0/s1. The number of rotatable bonds is 6. The van der Waals surface area contributed by atoms with Crippen LogP contribution in [0.1, 0.15) is 12.5 Å². The third-order valence-electron chi connectivity index (χ3n) is 2.83. The van der Waals surface area contributed by atoms with E-state index in [0.717, 1.165) is 5.56 Å². The zero-order valence-corrected chi connectivity index (χ0v) is 12.3. The number of nitrogens with zero attached hydrogens (tertiary/aromatic N) is 2. The Morgan fingerprint density at radius 3 is 2.55 bits per heavy atom.